The Bertz CT molecular complexity index is 990. The maximum Gasteiger partial charge on any atom is 0.321 e. The van der Waals surface area contributed by atoms with Crippen LogP contribution in [0, 0.1) is 12.8 Å². The number of carbonyl (C=O) groups is 3. The van der Waals surface area contributed by atoms with Crippen LogP contribution in [-0.2, 0) is 9.59 Å². The van der Waals surface area contributed by atoms with Crippen LogP contribution in [0.1, 0.15) is 18.4 Å². The highest BCUT2D eigenvalue weighted by Crippen LogP contribution is 2.24. The van der Waals surface area contributed by atoms with Crippen molar-refractivity contribution in [3.05, 3.63) is 53.1 Å². The summed E-state index contributed by atoms with van der Waals surface area (Å²) in [5.41, 5.74) is 1.94. The average molecular weight is 459 g/mol. The van der Waals surface area contributed by atoms with Crippen molar-refractivity contribution in [1.29, 1.82) is 0 Å². The first-order valence-electron chi connectivity index (χ1n) is 10.4. The van der Waals surface area contributed by atoms with E-state index in [1.165, 1.54) is 0 Å². The molecule has 1 aliphatic rings. The number of nitrogens with zero attached hydrogens (tertiary/aromatic N) is 1. The number of aryl methyl sites for hydroxylation is 1. The highest BCUT2D eigenvalue weighted by molar-refractivity contribution is 6.40. The molecule has 3 N–H and O–H groups in total. The van der Waals surface area contributed by atoms with Crippen LogP contribution in [0.4, 0.5) is 16.2 Å². The first-order chi connectivity index (χ1) is 15.4. The Hall–Kier alpha value is -3.26. The van der Waals surface area contributed by atoms with Gasteiger partial charge in [0.2, 0.25) is 0 Å². The molecule has 9 heteroatoms. The van der Waals surface area contributed by atoms with E-state index in [4.69, 9.17) is 16.3 Å². The largest absolute Gasteiger partial charge is 0.495 e. The summed E-state index contributed by atoms with van der Waals surface area (Å²) >= 11 is 5.95. The predicted octanol–water partition coefficient (Wildman–Crippen LogP) is 3.66. The number of halogens is 1. The third-order valence-electron chi connectivity index (χ3n) is 5.46. The number of urea groups is 1. The van der Waals surface area contributed by atoms with Crippen molar-refractivity contribution in [1.82, 2.24) is 10.2 Å². The fraction of sp³-hybridized carbons (Fsp3) is 0.348. The Morgan fingerprint density at radius 3 is 2.47 bits per heavy atom. The molecule has 0 unspecified atom stereocenters. The summed E-state index contributed by atoms with van der Waals surface area (Å²) in [6, 6.07) is 12.1. The summed E-state index contributed by atoms with van der Waals surface area (Å²) in [5, 5.41) is 8.62. The van der Waals surface area contributed by atoms with Gasteiger partial charge < -0.3 is 25.6 Å². The molecular formula is C23H27ClN4O4. The van der Waals surface area contributed by atoms with E-state index < -0.39 is 11.8 Å². The molecule has 0 saturated carbocycles. The van der Waals surface area contributed by atoms with E-state index in [9.17, 15) is 14.4 Å². The van der Waals surface area contributed by atoms with E-state index in [1.54, 1.807) is 42.3 Å². The van der Waals surface area contributed by atoms with Gasteiger partial charge in [0.05, 0.1) is 12.8 Å². The van der Waals surface area contributed by atoms with E-state index in [1.807, 2.05) is 19.1 Å². The number of benzene rings is 2. The van der Waals surface area contributed by atoms with E-state index in [2.05, 4.69) is 16.0 Å². The second kappa shape index (κ2) is 10.9. The summed E-state index contributed by atoms with van der Waals surface area (Å²) in [6.45, 7) is 3.33. The van der Waals surface area contributed by atoms with Crippen LogP contribution >= 0.6 is 11.6 Å². The van der Waals surface area contributed by atoms with Gasteiger partial charge in [-0.25, -0.2) is 4.79 Å². The van der Waals surface area contributed by atoms with Crippen LogP contribution in [-0.4, -0.2) is 49.5 Å². The van der Waals surface area contributed by atoms with Gasteiger partial charge in [-0.2, -0.15) is 0 Å². The van der Waals surface area contributed by atoms with Crippen molar-refractivity contribution in [2.24, 2.45) is 5.92 Å². The lowest BCUT2D eigenvalue weighted by atomic mass is 9.97. The minimum absolute atomic E-state index is 0.187. The zero-order valence-electron chi connectivity index (χ0n) is 18.1. The third-order valence-corrected chi connectivity index (χ3v) is 5.69. The zero-order valence-corrected chi connectivity index (χ0v) is 18.9. The molecule has 4 amide bonds. The number of para-hydroxylation sites is 2. The van der Waals surface area contributed by atoms with Gasteiger partial charge in [-0.3, -0.25) is 9.59 Å². The van der Waals surface area contributed by atoms with Crippen LogP contribution in [0.25, 0.3) is 0 Å². The van der Waals surface area contributed by atoms with Crippen LogP contribution in [0.3, 0.4) is 0 Å². The SMILES string of the molecule is COc1ccccc1NC(=O)N1CCC(CNC(=O)C(=O)Nc2cc(Cl)ccc2C)CC1. The number of rotatable bonds is 5. The molecule has 2 aromatic carbocycles. The van der Waals surface area contributed by atoms with Gasteiger partial charge in [0, 0.05) is 30.3 Å². The topological polar surface area (TPSA) is 99.8 Å². The quantitative estimate of drug-likeness (QED) is 0.595. The predicted molar refractivity (Wildman–Crippen MR) is 124 cm³/mol. The van der Waals surface area contributed by atoms with Crippen molar-refractivity contribution in [3.8, 4) is 5.75 Å². The van der Waals surface area contributed by atoms with Crippen molar-refractivity contribution in [3.63, 3.8) is 0 Å². The molecule has 1 heterocycles. The number of hydrogen-bond donors (Lipinski definition) is 3. The van der Waals surface area contributed by atoms with Crippen LogP contribution in [0.5, 0.6) is 5.75 Å². The molecule has 8 nitrogen and oxygen atoms in total. The molecule has 0 radical (unpaired) electrons. The van der Waals surface area contributed by atoms with Gasteiger partial charge in [-0.05, 0) is 55.5 Å². The molecule has 0 aliphatic carbocycles. The molecule has 0 aromatic heterocycles. The Labute approximate surface area is 192 Å². The van der Waals surface area contributed by atoms with Gasteiger partial charge in [-0.1, -0.05) is 29.8 Å². The number of hydrogen-bond acceptors (Lipinski definition) is 4. The fourth-order valence-electron chi connectivity index (χ4n) is 3.51. The standard InChI is InChI=1S/C23H27ClN4O4/c1-15-7-8-17(24)13-19(15)26-22(30)21(29)25-14-16-9-11-28(12-10-16)23(31)27-18-5-3-4-6-20(18)32-2/h3-8,13,16H,9-12,14H2,1-2H3,(H,25,29)(H,26,30)(H,27,31). The lowest BCUT2D eigenvalue weighted by molar-refractivity contribution is -0.136. The number of ether oxygens (including phenoxy) is 1. The van der Waals surface area contributed by atoms with Gasteiger partial charge in [-0.15, -0.1) is 0 Å². The summed E-state index contributed by atoms with van der Waals surface area (Å²) in [6.07, 6.45) is 1.46. The second-order valence-corrected chi connectivity index (χ2v) is 8.12. The van der Waals surface area contributed by atoms with Crippen molar-refractivity contribution < 1.29 is 19.1 Å². The zero-order chi connectivity index (χ0) is 23.1. The lowest BCUT2D eigenvalue weighted by Crippen LogP contribution is -2.44. The number of methoxy groups -OCH3 is 1. The highest BCUT2D eigenvalue weighted by Gasteiger charge is 2.24. The van der Waals surface area contributed by atoms with Crippen molar-refractivity contribution in [2.75, 3.05) is 37.4 Å². The van der Waals surface area contributed by atoms with Gasteiger partial charge in [0.25, 0.3) is 0 Å². The molecule has 3 rings (SSSR count). The first kappa shape index (κ1) is 23.4. The third kappa shape index (κ3) is 6.13. The van der Waals surface area contributed by atoms with E-state index in [0.717, 1.165) is 18.4 Å². The van der Waals surface area contributed by atoms with E-state index in [-0.39, 0.29) is 11.9 Å². The number of nitrogens with one attached hydrogen (secondary N) is 3. The normalized spacial score (nSPS) is 13.9. The van der Waals surface area contributed by atoms with Gasteiger partial charge in [0.15, 0.2) is 0 Å². The number of piperidine rings is 1. The molecule has 1 fully saturated rings. The summed E-state index contributed by atoms with van der Waals surface area (Å²) < 4.78 is 5.26. The fourth-order valence-corrected chi connectivity index (χ4v) is 3.68. The molecule has 2 aromatic rings. The summed E-state index contributed by atoms with van der Waals surface area (Å²) in [5.74, 6) is -0.635. The van der Waals surface area contributed by atoms with Crippen LogP contribution in [0.2, 0.25) is 5.02 Å². The summed E-state index contributed by atoms with van der Waals surface area (Å²) in [4.78, 5) is 38.6. The molecule has 0 atom stereocenters. The van der Waals surface area contributed by atoms with Crippen LogP contribution < -0.4 is 20.7 Å². The van der Waals surface area contributed by atoms with Crippen LogP contribution in [0.15, 0.2) is 42.5 Å². The Kier molecular flexibility index (Phi) is 7.94. The molecule has 0 bridgehead atoms. The maximum atomic E-state index is 12.5. The lowest BCUT2D eigenvalue weighted by Gasteiger charge is -2.32. The Morgan fingerprint density at radius 2 is 1.75 bits per heavy atom. The van der Waals surface area contributed by atoms with Crippen molar-refractivity contribution >= 4 is 40.8 Å². The first-order valence-corrected chi connectivity index (χ1v) is 10.8. The monoisotopic (exact) mass is 458 g/mol. The molecule has 0 spiro atoms. The molecular weight excluding hydrogens is 432 g/mol. The number of amides is 4. The van der Waals surface area contributed by atoms with Gasteiger partial charge >= 0.3 is 17.8 Å². The minimum atomic E-state index is -0.732. The number of likely N-dealkylation sites (tertiary alicyclic amines) is 1. The number of anilines is 2. The maximum absolute atomic E-state index is 12.5. The molecule has 170 valence electrons. The smallest absolute Gasteiger partial charge is 0.321 e. The van der Waals surface area contributed by atoms with Crippen molar-refractivity contribution in [2.45, 2.75) is 19.8 Å². The molecule has 1 aliphatic heterocycles. The Balaban J connectivity index is 1.42. The second-order valence-electron chi connectivity index (χ2n) is 7.68. The molecule has 32 heavy (non-hydrogen) atoms. The minimum Gasteiger partial charge on any atom is -0.495 e. The average Bonchev–Trinajstić information content (AvgIpc) is 2.80. The summed E-state index contributed by atoms with van der Waals surface area (Å²) in [7, 11) is 1.56. The Morgan fingerprint density at radius 1 is 1.03 bits per heavy atom. The van der Waals surface area contributed by atoms with E-state index >= 15 is 0 Å². The van der Waals surface area contributed by atoms with Gasteiger partial charge in [0.1, 0.15) is 5.75 Å². The molecule has 1 saturated heterocycles. The van der Waals surface area contributed by atoms with E-state index in [0.29, 0.717) is 41.8 Å². The number of carbonyl (C=O) groups excluding carboxylic acids is 3. The highest BCUT2D eigenvalue weighted by atomic mass is 35.5.